The van der Waals surface area contributed by atoms with Crippen LogP contribution in [0.3, 0.4) is 0 Å². The van der Waals surface area contributed by atoms with Crippen LogP contribution in [-0.4, -0.2) is 9.91 Å². The van der Waals surface area contributed by atoms with Crippen molar-refractivity contribution in [3.05, 3.63) is 51.1 Å². The Morgan fingerprint density at radius 3 is 2.43 bits per heavy atom. The molecule has 1 aromatic carbocycles. The molecule has 0 saturated carbocycles. The average Bonchev–Trinajstić information content (AvgIpc) is 2.42. The number of benzene rings is 1. The summed E-state index contributed by atoms with van der Waals surface area (Å²) < 4.78 is 5.63. The van der Waals surface area contributed by atoms with Gasteiger partial charge in [-0.05, 0) is 37.1 Å². The van der Waals surface area contributed by atoms with E-state index in [0.29, 0.717) is 11.3 Å². The van der Waals surface area contributed by atoms with E-state index < -0.39 is 4.92 Å². The first-order valence-electron chi connectivity index (χ1n) is 6.02. The summed E-state index contributed by atoms with van der Waals surface area (Å²) in [5, 5.41) is 19.6. The quantitative estimate of drug-likeness (QED) is 0.684. The molecule has 0 unspecified atom stereocenters. The number of anilines is 1. The molecule has 0 spiro atoms. The molecule has 0 aliphatic carbocycles. The van der Waals surface area contributed by atoms with E-state index in [1.807, 2.05) is 0 Å². The fourth-order valence-electron chi connectivity index (χ4n) is 1.94. The molecule has 0 aliphatic heterocycles. The predicted molar refractivity (Wildman–Crippen MR) is 76.0 cm³/mol. The van der Waals surface area contributed by atoms with Gasteiger partial charge in [0.25, 0.3) is 0 Å². The number of nitrogens with two attached hydrogens (primary N) is 1. The van der Waals surface area contributed by atoms with E-state index in [2.05, 4.69) is 11.1 Å². The molecule has 2 rings (SSSR count). The van der Waals surface area contributed by atoms with Crippen LogP contribution >= 0.6 is 0 Å². The molecule has 1 aromatic heterocycles. The molecule has 1 heterocycles. The normalized spacial score (nSPS) is 9.95. The molecule has 0 saturated heterocycles. The fraction of sp³-hybridized carbons (Fsp3) is 0.143. The largest absolute Gasteiger partial charge is 0.438 e. The lowest BCUT2D eigenvalue weighted by atomic mass is 10.1. The number of pyridine rings is 1. The van der Waals surface area contributed by atoms with Crippen molar-refractivity contribution in [3.8, 4) is 17.7 Å². The van der Waals surface area contributed by atoms with E-state index in [9.17, 15) is 10.1 Å². The smallest absolute Gasteiger partial charge is 0.311 e. The van der Waals surface area contributed by atoms with Crippen molar-refractivity contribution in [2.24, 2.45) is 0 Å². The lowest BCUT2D eigenvalue weighted by molar-refractivity contribution is -0.384. The molecule has 0 atom stereocenters. The van der Waals surface area contributed by atoms with E-state index >= 15 is 0 Å². The molecule has 7 heteroatoms. The summed E-state index contributed by atoms with van der Waals surface area (Å²) in [7, 11) is 0. The number of rotatable bonds is 3. The first kappa shape index (κ1) is 14.3. The number of nitriles is 1. The number of aromatic nitrogens is 1. The third-order valence-electron chi connectivity index (χ3n) is 2.87. The van der Waals surface area contributed by atoms with Crippen molar-refractivity contribution in [1.82, 2.24) is 4.98 Å². The van der Waals surface area contributed by atoms with Crippen LogP contribution in [0.15, 0.2) is 24.3 Å². The second-order valence-corrected chi connectivity index (χ2v) is 4.46. The van der Waals surface area contributed by atoms with Gasteiger partial charge in [-0.2, -0.15) is 10.2 Å². The highest BCUT2D eigenvalue weighted by molar-refractivity contribution is 5.54. The number of nitro groups is 1. The van der Waals surface area contributed by atoms with E-state index in [-0.39, 0.29) is 17.4 Å². The topological polar surface area (TPSA) is 115 Å². The standard InChI is InChI=1S/C14H12N4O3/c1-8-5-10(7-15)6-9(2)13(8)21-12-4-3-11(18(19)20)14(16)17-12/h3-6H,1-2H3,(H2,16,17). The van der Waals surface area contributed by atoms with E-state index in [1.165, 1.54) is 12.1 Å². The van der Waals surface area contributed by atoms with Crippen LogP contribution in [-0.2, 0) is 0 Å². The zero-order chi connectivity index (χ0) is 15.6. The molecule has 2 N–H and O–H groups in total. The average molecular weight is 284 g/mol. The Hall–Kier alpha value is -3.14. The Labute approximate surface area is 120 Å². The Bertz CT molecular complexity index is 742. The van der Waals surface area contributed by atoms with Gasteiger partial charge in [0.05, 0.1) is 16.6 Å². The summed E-state index contributed by atoms with van der Waals surface area (Å²) >= 11 is 0. The van der Waals surface area contributed by atoms with Gasteiger partial charge in [0.2, 0.25) is 11.7 Å². The van der Waals surface area contributed by atoms with Crippen LogP contribution in [0.5, 0.6) is 11.6 Å². The van der Waals surface area contributed by atoms with Crippen LogP contribution in [0.25, 0.3) is 0 Å². The molecule has 0 fully saturated rings. The lowest BCUT2D eigenvalue weighted by Gasteiger charge is -2.11. The lowest BCUT2D eigenvalue weighted by Crippen LogP contribution is -2.00. The van der Waals surface area contributed by atoms with Crippen LogP contribution < -0.4 is 10.5 Å². The van der Waals surface area contributed by atoms with E-state index in [0.717, 1.165) is 11.1 Å². The number of hydrogen-bond acceptors (Lipinski definition) is 6. The number of aryl methyl sites for hydroxylation is 2. The molecule has 0 bridgehead atoms. The molecule has 0 aliphatic rings. The number of nitrogen functional groups attached to an aromatic ring is 1. The monoisotopic (exact) mass is 284 g/mol. The van der Waals surface area contributed by atoms with Crippen molar-refractivity contribution in [2.75, 3.05) is 5.73 Å². The molecule has 7 nitrogen and oxygen atoms in total. The SMILES string of the molecule is Cc1cc(C#N)cc(C)c1Oc1ccc([N+](=O)[O-])c(N)n1. The van der Waals surface area contributed by atoms with Crippen LogP contribution in [0.4, 0.5) is 11.5 Å². The molecule has 106 valence electrons. The molecule has 21 heavy (non-hydrogen) atoms. The summed E-state index contributed by atoms with van der Waals surface area (Å²) in [5.41, 5.74) is 7.33. The van der Waals surface area contributed by atoms with Crippen molar-refractivity contribution >= 4 is 11.5 Å². The maximum atomic E-state index is 10.7. The van der Waals surface area contributed by atoms with Crippen molar-refractivity contribution in [3.63, 3.8) is 0 Å². The van der Waals surface area contributed by atoms with Gasteiger partial charge in [-0.1, -0.05) is 0 Å². The van der Waals surface area contributed by atoms with Gasteiger partial charge in [0, 0.05) is 12.1 Å². The van der Waals surface area contributed by atoms with Crippen molar-refractivity contribution in [2.45, 2.75) is 13.8 Å². The van der Waals surface area contributed by atoms with E-state index in [4.69, 9.17) is 15.7 Å². The van der Waals surface area contributed by atoms with Gasteiger partial charge in [-0.3, -0.25) is 10.1 Å². The fourth-order valence-corrected chi connectivity index (χ4v) is 1.94. The minimum absolute atomic E-state index is 0.161. The Kier molecular flexibility index (Phi) is 3.71. The highest BCUT2D eigenvalue weighted by Crippen LogP contribution is 2.30. The number of hydrogen-bond donors (Lipinski definition) is 1. The van der Waals surface area contributed by atoms with E-state index in [1.54, 1.807) is 26.0 Å². The minimum Gasteiger partial charge on any atom is -0.438 e. The third kappa shape index (κ3) is 2.90. The summed E-state index contributed by atoms with van der Waals surface area (Å²) in [5.74, 6) is 0.505. The highest BCUT2D eigenvalue weighted by Gasteiger charge is 2.15. The Morgan fingerprint density at radius 1 is 1.33 bits per heavy atom. The van der Waals surface area contributed by atoms with Crippen LogP contribution in [0.2, 0.25) is 0 Å². The first-order chi connectivity index (χ1) is 9.92. The zero-order valence-corrected chi connectivity index (χ0v) is 11.5. The van der Waals surface area contributed by atoms with Gasteiger partial charge < -0.3 is 10.5 Å². The van der Waals surface area contributed by atoms with Crippen LogP contribution in [0, 0.1) is 35.3 Å². The maximum absolute atomic E-state index is 10.7. The van der Waals surface area contributed by atoms with Gasteiger partial charge in [-0.25, -0.2) is 0 Å². The van der Waals surface area contributed by atoms with Crippen molar-refractivity contribution in [1.29, 1.82) is 5.26 Å². The third-order valence-corrected chi connectivity index (χ3v) is 2.87. The predicted octanol–water partition coefficient (Wildman–Crippen LogP) is 2.85. The Balaban J connectivity index is 2.37. The molecular formula is C14H12N4O3. The second-order valence-electron chi connectivity index (χ2n) is 4.46. The summed E-state index contributed by atoms with van der Waals surface area (Å²) in [4.78, 5) is 13.9. The maximum Gasteiger partial charge on any atom is 0.311 e. The van der Waals surface area contributed by atoms with Gasteiger partial charge in [-0.15, -0.1) is 0 Å². The molecular weight excluding hydrogens is 272 g/mol. The van der Waals surface area contributed by atoms with Crippen molar-refractivity contribution < 1.29 is 9.66 Å². The second kappa shape index (κ2) is 5.46. The summed E-state index contributed by atoms with van der Waals surface area (Å²) in [6.45, 7) is 3.61. The number of nitrogens with zero attached hydrogens (tertiary/aromatic N) is 3. The van der Waals surface area contributed by atoms with Gasteiger partial charge >= 0.3 is 5.69 Å². The molecule has 2 aromatic rings. The Morgan fingerprint density at radius 2 is 1.95 bits per heavy atom. The van der Waals surface area contributed by atoms with Crippen LogP contribution in [0.1, 0.15) is 16.7 Å². The minimum atomic E-state index is -0.607. The van der Waals surface area contributed by atoms with Gasteiger partial charge in [0.1, 0.15) is 5.75 Å². The molecule has 0 amide bonds. The van der Waals surface area contributed by atoms with Gasteiger partial charge in [0.15, 0.2) is 0 Å². The highest BCUT2D eigenvalue weighted by atomic mass is 16.6. The zero-order valence-electron chi connectivity index (χ0n) is 11.5. The number of ether oxygens (including phenoxy) is 1. The summed E-state index contributed by atoms with van der Waals surface area (Å²) in [6, 6.07) is 8.07. The molecule has 0 radical (unpaired) electrons. The first-order valence-corrected chi connectivity index (χ1v) is 6.02. The summed E-state index contributed by atoms with van der Waals surface area (Å²) in [6.07, 6.45) is 0.